The Bertz CT molecular complexity index is 570. The topological polar surface area (TPSA) is 42.0 Å². The molecule has 2 aromatic rings. The zero-order chi connectivity index (χ0) is 13.7. The minimum Gasteiger partial charge on any atom is -0.352 e. The number of benzene rings is 1. The molecule has 1 aromatic carbocycles. The first-order chi connectivity index (χ1) is 9.18. The largest absolute Gasteiger partial charge is 0.352 e. The van der Waals surface area contributed by atoms with Crippen LogP contribution in [0.2, 0.25) is 0 Å². The van der Waals surface area contributed by atoms with Gasteiger partial charge < -0.3 is 5.32 Å². The van der Waals surface area contributed by atoms with Crippen LogP contribution in [-0.4, -0.2) is 17.4 Å². The molecule has 0 spiro atoms. The molecule has 1 aromatic heterocycles. The molecule has 1 N–H and O–H groups in total. The number of nitrogens with zero attached hydrogens (tertiary/aromatic N) is 1. The number of aryl methyl sites for hydroxylation is 1. The number of amides is 1. The first kappa shape index (κ1) is 13.2. The Labute approximate surface area is 111 Å². The van der Waals surface area contributed by atoms with Crippen LogP contribution in [0.15, 0.2) is 42.7 Å². The lowest BCUT2D eigenvalue weighted by atomic mass is 10.1. The Balaban J connectivity index is 1.93. The molecule has 98 valence electrons. The summed E-state index contributed by atoms with van der Waals surface area (Å²) in [5, 5.41) is 2.71. The normalized spacial score (nSPS) is 10.2. The highest BCUT2D eigenvalue weighted by molar-refractivity contribution is 5.94. The number of hydrogen-bond acceptors (Lipinski definition) is 2. The Morgan fingerprint density at radius 1 is 1.32 bits per heavy atom. The van der Waals surface area contributed by atoms with Crippen molar-refractivity contribution in [3.63, 3.8) is 0 Å². The lowest BCUT2D eigenvalue weighted by Gasteiger charge is -2.07. The maximum atomic E-state index is 13.7. The predicted molar refractivity (Wildman–Crippen MR) is 71.4 cm³/mol. The fourth-order valence-electron chi connectivity index (χ4n) is 1.78. The number of carbonyl (C=O) groups is 1. The van der Waals surface area contributed by atoms with Crippen molar-refractivity contribution >= 4 is 5.91 Å². The van der Waals surface area contributed by atoms with Crippen LogP contribution in [0, 0.1) is 12.7 Å². The zero-order valence-electron chi connectivity index (χ0n) is 10.7. The van der Waals surface area contributed by atoms with Gasteiger partial charge in [-0.3, -0.25) is 9.78 Å². The van der Waals surface area contributed by atoms with Crippen molar-refractivity contribution in [3.05, 3.63) is 65.2 Å². The monoisotopic (exact) mass is 258 g/mol. The van der Waals surface area contributed by atoms with Crippen molar-refractivity contribution in [1.82, 2.24) is 10.3 Å². The molecular formula is C15H15FN2O. The molecule has 3 nitrogen and oxygen atoms in total. The highest BCUT2D eigenvalue weighted by atomic mass is 19.1. The molecule has 1 heterocycles. The summed E-state index contributed by atoms with van der Waals surface area (Å²) < 4.78 is 13.7. The van der Waals surface area contributed by atoms with E-state index in [1.165, 1.54) is 6.07 Å². The Morgan fingerprint density at radius 3 is 2.89 bits per heavy atom. The van der Waals surface area contributed by atoms with Crippen LogP contribution in [0.25, 0.3) is 0 Å². The fraction of sp³-hybridized carbons (Fsp3) is 0.200. The van der Waals surface area contributed by atoms with Gasteiger partial charge in [0.1, 0.15) is 5.82 Å². The molecule has 0 saturated carbocycles. The maximum absolute atomic E-state index is 13.7. The van der Waals surface area contributed by atoms with Crippen LogP contribution in [-0.2, 0) is 6.42 Å². The molecule has 2 rings (SSSR count). The van der Waals surface area contributed by atoms with Crippen molar-refractivity contribution in [2.45, 2.75) is 13.3 Å². The van der Waals surface area contributed by atoms with Gasteiger partial charge >= 0.3 is 0 Å². The van der Waals surface area contributed by atoms with E-state index in [-0.39, 0.29) is 11.5 Å². The Kier molecular flexibility index (Phi) is 4.23. The second-order valence-corrected chi connectivity index (χ2v) is 4.30. The van der Waals surface area contributed by atoms with Gasteiger partial charge in [0.15, 0.2) is 0 Å². The highest BCUT2D eigenvalue weighted by Gasteiger charge is 2.12. The summed E-state index contributed by atoms with van der Waals surface area (Å²) >= 11 is 0. The van der Waals surface area contributed by atoms with Crippen molar-refractivity contribution in [1.29, 1.82) is 0 Å². The summed E-state index contributed by atoms with van der Waals surface area (Å²) in [7, 11) is 0. The van der Waals surface area contributed by atoms with Crippen molar-refractivity contribution in [2.24, 2.45) is 0 Å². The van der Waals surface area contributed by atoms with Crippen LogP contribution in [0.1, 0.15) is 21.5 Å². The van der Waals surface area contributed by atoms with E-state index < -0.39 is 5.82 Å². The quantitative estimate of drug-likeness (QED) is 0.915. The van der Waals surface area contributed by atoms with Crippen molar-refractivity contribution in [2.75, 3.05) is 6.54 Å². The van der Waals surface area contributed by atoms with Gasteiger partial charge in [-0.25, -0.2) is 4.39 Å². The third-order valence-corrected chi connectivity index (χ3v) is 2.86. The van der Waals surface area contributed by atoms with E-state index in [0.29, 0.717) is 18.5 Å². The number of halogens is 1. The second kappa shape index (κ2) is 6.09. The van der Waals surface area contributed by atoms with E-state index in [1.54, 1.807) is 31.5 Å². The molecular weight excluding hydrogens is 243 g/mol. The third-order valence-electron chi connectivity index (χ3n) is 2.86. The van der Waals surface area contributed by atoms with Gasteiger partial charge in [0.2, 0.25) is 0 Å². The molecule has 0 saturated heterocycles. The minimum absolute atomic E-state index is 0.0891. The summed E-state index contributed by atoms with van der Waals surface area (Å²) in [5.74, 6) is -0.841. The van der Waals surface area contributed by atoms with Crippen LogP contribution in [0.3, 0.4) is 0 Å². The molecule has 0 unspecified atom stereocenters. The van der Waals surface area contributed by atoms with Gasteiger partial charge in [0, 0.05) is 18.9 Å². The van der Waals surface area contributed by atoms with Crippen molar-refractivity contribution < 1.29 is 9.18 Å². The average Bonchev–Trinajstić information content (AvgIpc) is 2.43. The summed E-state index contributed by atoms with van der Waals surface area (Å²) in [6.07, 6.45) is 4.12. The minimum atomic E-state index is -0.457. The Morgan fingerprint density at radius 2 is 2.16 bits per heavy atom. The number of aromatic nitrogens is 1. The summed E-state index contributed by atoms with van der Waals surface area (Å²) in [6, 6.07) is 8.59. The summed E-state index contributed by atoms with van der Waals surface area (Å²) in [6.45, 7) is 2.10. The van der Waals surface area contributed by atoms with Crippen LogP contribution in [0.4, 0.5) is 4.39 Å². The van der Waals surface area contributed by atoms with Crippen LogP contribution in [0.5, 0.6) is 0 Å². The Hall–Kier alpha value is -2.23. The maximum Gasteiger partial charge on any atom is 0.254 e. The van der Waals surface area contributed by atoms with E-state index in [2.05, 4.69) is 10.3 Å². The van der Waals surface area contributed by atoms with Crippen molar-refractivity contribution in [3.8, 4) is 0 Å². The molecule has 0 bridgehead atoms. The molecule has 0 radical (unpaired) electrons. The van der Waals surface area contributed by atoms with Gasteiger partial charge in [-0.15, -0.1) is 0 Å². The summed E-state index contributed by atoms with van der Waals surface area (Å²) in [5.41, 5.74) is 1.60. The fourth-order valence-corrected chi connectivity index (χ4v) is 1.78. The third kappa shape index (κ3) is 3.37. The molecule has 4 heteroatoms. The molecule has 0 aliphatic carbocycles. The average molecular weight is 258 g/mol. The number of hydrogen-bond donors (Lipinski definition) is 1. The lowest BCUT2D eigenvalue weighted by Crippen LogP contribution is -2.26. The molecule has 0 aliphatic heterocycles. The second-order valence-electron chi connectivity index (χ2n) is 4.30. The van der Waals surface area contributed by atoms with Gasteiger partial charge in [0.05, 0.1) is 5.56 Å². The van der Waals surface area contributed by atoms with Crippen LogP contribution >= 0.6 is 0 Å². The van der Waals surface area contributed by atoms with Crippen LogP contribution < -0.4 is 5.32 Å². The number of nitrogens with one attached hydrogen (secondary N) is 1. The van der Waals surface area contributed by atoms with E-state index >= 15 is 0 Å². The van der Waals surface area contributed by atoms with Gasteiger partial charge in [-0.2, -0.15) is 0 Å². The smallest absolute Gasteiger partial charge is 0.254 e. The molecule has 19 heavy (non-hydrogen) atoms. The van der Waals surface area contributed by atoms with E-state index in [9.17, 15) is 9.18 Å². The first-order valence-corrected chi connectivity index (χ1v) is 6.10. The first-order valence-electron chi connectivity index (χ1n) is 6.10. The van der Waals surface area contributed by atoms with Gasteiger partial charge in [0.25, 0.3) is 5.91 Å². The number of carbonyl (C=O) groups excluding carboxylic acids is 1. The van der Waals surface area contributed by atoms with E-state index in [0.717, 1.165) is 5.56 Å². The van der Waals surface area contributed by atoms with Gasteiger partial charge in [-0.05, 0) is 36.6 Å². The number of rotatable bonds is 4. The highest BCUT2D eigenvalue weighted by Crippen LogP contribution is 2.11. The molecule has 0 aliphatic rings. The van der Waals surface area contributed by atoms with E-state index in [4.69, 9.17) is 0 Å². The SMILES string of the molecule is Cc1cccc(C(=O)NCCc2cccnc2)c1F. The molecule has 1 amide bonds. The lowest BCUT2D eigenvalue weighted by molar-refractivity contribution is 0.0950. The zero-order valence-corrected chi connectivity index (χ0v) is 10.7. The number of pyridine rings is 1. The van der Waals surface area contributed by atoms with Gasteiger partial charge in [-0.1, -0.05) is 18.2 Å². The summed E-state index contributed by atoms with van der Waals surface area (Å²) in [4.78, 5) is 15.8. The standard InChI is InChI=1S/C15H15FN2O/c1-11-4-2-6-13(14(11)16)15(19)18-9-7-12-5-3-8-17-10-12/h2-6,8,10H,7,9H2,1H3,(H,18,19). The predicted octanol–water partition coefficient (Wildman–Crippen LogP) is 2.50. The molecule has 0 atom stereocenters. The molecule has 0 fully saturated rings. The van der Waals surface area contributed by atoms with E-state index in [1.807, 2.05) is 12.1 Å².